The van der Waals surface area contributed by atoms with E-state index in [0.717, 1.165) is 5.75 Å². The molecule has 1 aromatic carbocycles. The monoisotopic (exact) mass is 299 g/mol. The highest BCUT2D eigenvalue weighted by molar-refractivity contribution is 5.91. The first-order valence-electron chi connectivity index (χ1n) is 7.21. The lowest BCUT2D eigenvalue weighted by Gasteiger charge is -2.30. The lowest BCUT2D eigenvalue weighted by atomic mass is 10.2. The largest absolute Gasteiger partial charge is 0.486 e. The fourth-order valence-corrected chi connectivity index (χ4v) is 2.33. The number of carbonyl (C=O) groups is 1. The van der Waals surface area contributed by atoms with Gasteiger partial charge in [-0.05, 0) is 19.1 Å². The molecule has 0 radical (unpaired) electrons. The first-order chi connectivity index (χ1) is 10.8. The van der Waals surface area contributed by atoms with Crippen molar-refractivity contribution >= 4 is 5.91 Å². The summed E-state index contributed by atoms with van der Waals surface area (Å²) in [5.74, 6) is 1.29. The molecule has 114 valence electrons. The van der Waals surface area contributed by atoms with Crippen molar-refractivity contribution in [3.8, 4) is 11.5 Å². The Bertz CT molecular complexity index is 648. The van der Waals surface area contributed by atoms with Crippen molar-refractivity contribution in [3.05, 3.63) is 48.5 Å². The number of fused-ring (bicyclic) bond motifs is 1. The molecule has 1 amide bonds. The molecule has 6 nitrogen and oxygen atoms in total. The molecule has 0 saturated heterocycles. The van der Waals surface area contributed by atoms with Crippen LogP contribution in [-0.2, 0) is 0 Å². The van der Waals surface area contributed by atoms with Gasteiger partial charge in [0.05, 0.1) is 12.7 Å². The van der Waals surface area contributed by atoms with E-state index < -0.39 is 0 Å². The zero-order valence-electron chi connectivity index (χ0n) is 12.3. The van der Waals surface area contributed by atoms with Crippen LogP contribution in [0.4, 0.5) is 0 Å². The molecule has 6 heteroatoms. The predicted octanol–water partition coefficient (Wildman–Crippen LogP) is 1.78. The van der Waals surface area contributed by atoms with Crippen LogP contribution in [-0.4, -0.2) is 46.6 Å². The fraction of sp³-hybridized carbons (Fsp3) is 0.312. The summed E-state index contributed by atoms with van der Waals surface area (Å²) in [5, 5.41) is 0. The van der Waals surface area contributed by atoms with E-state index in [0.29, 0.717) is 31.1 Å². The van der Waals surface area contributed by atoms with Crippen LogP contribution in [0.25, 0.3) is 0 Å². The Balaban J connectivity index is 1.68. The molecular formula is C16H17N3O3. The molecule has 0 fully saturated rings. The first-order valence-corrected chi connectivity index (χ1v) is 7.21. The smallest absolute Gasteiger partial charge is 0.274 e. The molecule has 1 aliphatic heterocycles. The van der Waals surface area contributed by atoms with Gasteiger partial charge in [-0.3, -0.25) is 9.78 Å². The maximum atomic E-state index is 12.4. The molecule has 0 N–H and O–H groups in total. The minimum Gasteiger partial charge on any atom is -0.486 e. The number of nitrogens with zero attached hydrogens (tertiary/aromatic N) is 3. The van der Waals surface area contributed by atoms with Gasteiger partial charge in [0, 0.05) is 18.9 Å². The van der Waals surface area contributed by atoms with Gasteiger partial charge in [0.2, 0.25) is 0 Å². The minimum atomic E-state index is -0.199. The second-order valence-corrected chi connectivity index (χ2v) is 4.93. The summed E-state index contributed by atoms with van der Waals surface area (Å²) in [6.45, 7) is 3.35. The summed E-state index contributed by atoms with van der Waals surface area (Å²) in [4.78, 5) is 22.1. The topological polar surface area (TPSA) is 64.6 Å². The lowest BCUT2D eigenvalue weighted by molar-refractivity contribution is 0.0471. The number of amides is 1. The van der Waals surface area contributed by atoms with Gasteiger partial charge in [0.1, 0.15) is 12.3 Å². The van der Waals surface area contributed by atoms with E-state index in [1.165, 1.54) is 12.4 Å². The Labute approximate surface area is 128 Å². The van der Waals surface area contributed by atoms with Gasteiger partial charge in [-0.15, -0.1) is 0 Å². The van der Waals surface area contributed by atoms with Crippen LogP contribution in [0.1, 0.15) is 17.4 Å². The quantitative estimate of drug-likeness (QED) is 0.861. The number of benzene rings is 1. The van der Waals surface area contributed by atoms with Crippen molar-refractivity contribution in [2.75, 3.05) is 19.7 Å². The summed E-state index contributed by atoms with van der Waals surface area (Å²) < 4.78 is 11.6. The zero-order chi connectivity index (χ0) is 15.4. The molecule has 1 aliphatic rings. The summed E-state index contributed by atoms with van der Waals surface area (Å²) in [7, 11) is 0. The number of rotatable bonds is 4. The molecule has 22 heavy (non-hydrogen) atoms. The van der Waals surface area contributed by atoms with Crippen molar-refractivity contribution in [1.82, 2.24) is 14.9 Å². The predicted molar refractivity (Wildman–Crippen MR) is 80.0 cm³/mol. The maximum absolute atomic E-state index is 12.4. The van der Waals surface area contributed by atoms with Crippen molar-refractivity contribution < 1.29 is 14.3 Å². The summed E-state index contributed by atoms with van der Waals surface area (Å²) in [6, 6.07) is 7.53. The molecule has 1 aromatic heterocycles. The zero-order valence-corrected chi connectivity index (χ0v) is 12.3. The molecule has 2 aromatic rings. The highest BCUT2D eigenvalue weighted by atomic mass is 16.6. The van der Waals surface area contributed by atoms with Crippen LogP contribution in [0.15, 0.2) is 42.9 Å². The van der Waals surface area contributed by atoms with Crippen LogP contribution in [0.3, 0.4) is 0 Å². The number of para-hydroxylation sites is 2. The van der Waals surface area contributed by atoms with Crippen LogP contribution >= 0.6 is 0 Å². The highest BCUT2D eigenvalue weighted by Gasteiger charge is 2.25. The third-order valence-corrected chi connectivity index (χ3v) is 3.44. The summed E-state index contributed by atoms with van der Waals surface area (Å²) in [5.41, 5.74) is 0.335. The van der Waals surface area contributed by atoms with E-state index in [-0.39, 0.29) is 12.0 Å². The molecule has 0 aliphatic carbocycles. The molecular weight excluding hydrogens is 282 g/mol. The van der Waals surface area contributed by atoms with Crippen molar-refractivity contribution in [3.63, 3.8) is 0 Å². The Morgan fingerprint density at radius 2 is 2.14 bits per heavy atom. The third-order valence-electron chi connectivity index (χ3n) is 3.44. The molecule has 0 unspecified atom stereocenters. The van der Waals surface area contributed by atoms with E-state index in [2.05, 4.69) is 9.97 Å². The van der Waals surface area contributed by atoms with Gasteiger partial charge in [-0.1, -0.05) is 12.1 Å². The Morgan fingerprint density at radius 3 is 2.86 bits per heavy atom. The molecule has 3 rings (SSSR count). The second kappa shape index (κ2) is 6.43. The highest BCUT2D eigenvalue weighted by Crippen LogP contribution is 2.31. The number of aromatic nitrogens is 2. The van der Waals surface area contributed by atoms with Gasteiger partial charge in [0.25, 0.3) is 5.91 Å². The van der Waals surface area contributed by atoms with Gasteiger partial charge in [0.15, 0.2) is 17.6 Å². The lowest BCUT2D eigenvalue weighted by Crippen LogP contribution is -2.43. The number of likely N-dealkylation sites (N-methyl/N-ethyl adjacent to an activating group) is 1. The number of hydrogen-bond acceptors (Lipinski definition) is 5. The van der Waals surface area contributed by atoms with Gasteiger partial charge in [-0.2, -0.15) is 0 Å². The van der Waals surface area contributed by atoms with Gasteiger partial charge >= 0.3 is 0 Å². The van der Waals surface area contributed by atoms with Crippen LogP contribution in [0.2, 0.25) is 0 Å². The number of hydrogen-bond donors (Lipinski definition) is 0. The van der Waals surface area contributed by atoms with Crippen LogP contribution in [0, 0.1) is 0 Å². The van der Waals surface area contributed by atoms with E-state index in [1.54, 1.807) is 11.1 Å². The Kier molecular flexibility index (Phi) is 4.18. The minimum absolute atomic E-state index is 0.155. The average Bonchev–Trinajstić information content (AvgIpc) is 2.59. The molecule has 0 bridgehead atoms. The second-order valence-electron chi connectivity index (χ2n) is 4.93. The van der Waals surface area contributed by atoms with E-state index in [4.69, 9.17) is 9.47 Å². The standard InChI is InChI=1S/C16H17N3O3/c1-2-19(16(20)13-9-17-7-8-18-13)10-12-11-21-14-5-3-4-6-15(14)22-12/h3-9,12H,2,10-11H2,1H3/t12-/m0/s1. The van der Waals surface area contributed by atoms with Crippen LogP contribution < -0.4 is 9.47 Å². The molecule has 0 spiro atoms. The van der Waals surface area contributed by atoms with Gasteiger partial charge < -0.3 is 14.4 Å². The SMILES string of the molecule is CCN(C[C@H]1COc2ccccc2O1)C(=O)c1cnccn1. The van der Waals surface area contributed by atoms with E-state index >= 15 is 0 Å². The summed E-state index contributed by atoms with van der Waals surface area (Å²) >= 11 is 0. The van der Waals surface area contributed by atoms with Crippen molar-refractivity contribution in [2.24, 2.45) is 0 Å². The molecule has 1 atom stereocenters. The van der Waals surface area contributed by atoms with Crippen molar-refractivity contribution in [2.45, 2.75) is 13.0 Å². The van der Waals surface area contributed by atoms with Gasteiger partial charge in [-0.25, -0.2) is 4.98 Å². The van der Waals surface area contributed by atoms with E-state index in [9.17, 15) is 4.79 Å². The van der Waals surface area contributed by atoms with E-state index in [1.807, 2.05) is 31.2 Å². The average molecular weight is 299 g/mol. The number of ether oxygens (including phenoxy) is 2. The third kappa shape index (κ3) is 3.00. The summed E-state index contributed by atoms with van der Waals surface area (Å²) in [6.07, 6.45) is 4.33. The van der Waals surface area contributed by atoms with Crippen LogP contribution in [0.5, 0.6) is 11.5 Å². The normalized spacial score (nSPS) is 16.1. The molecule has 2 heterocycles. The Morgan fingerprint density at radius 1 is 1.32 bits per heavy atom. The number of carbonyl (C=O) groups excluding carboxylic acids is 1. The first kappa shape index (κ1) is 14.3. The Hall–Kier alpha value is -2.63. The fourth-order valence-electron chi connectivity index (χ4n) is 2.33. The maximum Gasteiger partial charge on any atom is 0.274 e. The van der Waals surface area contributed by atoms with Crippen molar-refractivity contribution in [1.29, 1.82) is 0 Å². The molecule has 0 saturated carbocycles.